The molecule has 0 unspecified atom stereocenters. The third-order valence-corrected chi connectivity index (χ3v) is 3.23. The number of benzene rings is 1. The quantitative estimate of drug-likeness (QED) is 0.846. The molecule has 0 saturated heterocycles. The van der Waals surface area contributed by atoms with Crippen LogP contribution in [-0.4, -0.2) is 9.78 Å². The Balaban J connectivity index is 2.30. The first-order valence-corrected chi connectivity index (χ1v) is 5.94. The molecular weight excluding hydrogens is 343 g/mol. The number of hydrogen-bond acceptors (Lipinski definition) is 2. The van der Waals surface area contributed by atoms with Crippen LogP contribution < -0.4 is 5.73 Å². The van der Waals surface area contributed by atoms with Crippen LogP contribution >= 0.6 is 34.2 Å². The fraction of sp³-hybridized carbons (Fsp3) is 0.100. The van der Waals surface area contributed by atoms with Crippen molar-refractivity contribution >= 4 is 40.0 Å². The molecule has 0 atom stereocenters. The number of halogens is 3. The predicted molar refractivity (Wildman–Crippen MR) is 69.9 cm³/mol. The Morgan fingerprint density at radius 3 is 2.81 bits per heavy atom. The maximum Gasteiger partial charge on any atom is 0.135 e. The topological polar surface area (TPSA) is 43.8 Å². The van der Waals surface area contributed by atoms with E-state index in [1.165, 1.54) is 6.07 Å². The van der Waals surface area contributed by atoms with Crippen LogP contribution in [0, 0.1) is 9.39 Å². The fourth-order valence-corrected chi connectivity index (χ4v) is 1.87. The highest BCUT2D eigenvalue weighted by atomic mass is 127. The van der Waals surface area contributed by atoms with Crippen molar-refractivity contribution in [3.05, 3.63) is 44.4 Å². The van der Waals surface area contributed by atoms with Gasteiger partial charge in [-0.1, -0.05) is 17.7 Å². The first-order valence-electron chi connectivity index (χ1n) is 4.48. The lowest BCUT2D eigenvalue weighted by Crippen LogP contribution is -2.07. The summed E-state index contributed by atoms with van der Waals surface area (Å²) in [6.07, 6.45) is 1.64. The van der Waals surface area contributed by atoms with Gasteiger partial charge in [-0.05, 0) is 34.7 Å². The Labute approximate surface area is 111 Å². The van der Waals surface area contributed by atoms with E-state index in [1.54, 1.807) is 23.0 Å². The molecule has 1 aromatic heterocycles. The van der Waals surface area contributed by atoms with Gasteiger partial charge in [0.1, 0.15) is 11.6 Å². The smallest absolute Gasteiger partial charge is 0.135 e. The maximum atomic E-state index is 13.5. The Morgan fingerprint density at radius 2 is 2.25 bits per heavy atom. The molecule has 0 saturated carbocycles. The number of nitrogens with zero attached hydrogens (tertiary/aromatic N) is 2. The molecule has 0 radical (unpaired) electrons. The molecule has 2 rings (SSSR count). The van der Waals surface area contributed by atoms with E-state index in [-0.39, 0.29) is 5.82 Å². The van der Waals surface area contributed by atoms with Crippen LogP contribution in [0.1, 0.15) is 5.56 Å². The molecule has 2 N–H and O–H groups in total. The Morgan fingerprint density at radius 1 is 1.50 bits per heavy atom. The number of nitrogen functional groups attached to an aromatic ring is 1. The van der Waals surface area contributed by atoms with Crippen LogP contribution in [0.4, 0.5) is 10.2 Å². The lowest BCUT2D eigenvalue weighted by molar-refractivity contribution is 0.587. The molecule has 6 heteroatoms. The lowest BCUT2D eigenvalue weighted by Gasteiger charge is -2.06. The van der Waals surface area contributed by atoms with Crippen molar-refractivity contribution < 1.29 is 4.39 Å². The summed E-state index contributed by atoms with van der Waals surface area (Å²) in [5, 5.41) is 4.44. The predicted octanol–water partition coefficient (Wildman–Crippen LogP) is 2.91. The van der Waals surface area contributed by atoms with Gasteiger partial charge in [-0.3, -0.25) is 0 Å². The summed E-state index contributed by atoms with van der Waals surface area (Å²) >= 11 is 7.75. The molecule has 16 heavy (non-hydrogen) atoms. The molecule has 0 bridgehead atoms. The second kappa shape index (κ2) is 4.58. The van der Waals surface area contributed by atoms with Gasteiger partial charge in [0, 0.05) is 10.6 Å². The largest absolute Gasteiger partial charge is 0.383 e. The van der Waals surface area contributed by atoms with Crippen LogP contribution in [-0.2, 0) is 6.54 Å². The van der Waals surface area contributed by atoms with E-state index in [9.17, 15) is 4.39 Å². The maximum absolute atomic E-state index is 13.5. The van der Waals surface area contributed by atoms with Gasteiger partial charge in [-0.15, -0.1) is 0 Å². The minimum Gasteiger partial charge on any atom is -0.383 e. The van der Waals surface area contributed by atoms with Gasteiger partial charge in [0.05, 0.1) is 16.3 Å². The first-order chi connectivity index (χ1) is 7.58. The number of anilines is 1. The molecular formula is C10H8ClFIN3. The molecule has 2 aromatic rings. The molecule has 0 amide bonds. The van der Waals surface area contributed by atoms with Crippen molar-refractivity contribution in [2.75, 3.05) is 5.73 Å². The Kier molecular flexibility index (Phi) is 3.34. The van der Waals surface area contributed by atoms with Crippen LogP contribution in [0.2, 0.25) is 5.02 Å². The summed E-state index contributed by atoms with van der Waals surface area (Å²) in [6, 6.07) is 4.55. The minimum absolute atomic E-state index is 0.303. The van der Waals surface area contributed by atoms with Crippen molar-refractivity contribution in [1.29, 1.82) is 0 Å². The number of aromatic nitrogens is 2. The Hall–Kier alpha value is -0.820. The molecule has 1 heterocycles. The molecule has 0 aliphatic heterocycles. The van der Waals surface area contributed by atoms with E-state index in [4.69, 9.17) is 17.3 Å². The van der Waals surface area contributed by atoms with Crippen molar-refractivity contribution in [3.8, 4) is 0 Å². The van der Waals surface area contributed by atoms with Gasteiger partial charge in [-0.2, -0.15) is 5.10 Å². The van der Waals surface area contributed by atoms with Crippen molar-refractivity contribution in [2.45, 2.75) is 6.54 Å². The SMILES string of the molecule is Nc1c(I)cnn1Cc1ccc(Cl)cc1F. The number of nitrogens with two attached hydrogens (primary N) is 1. The molecule has 1 aromatic carbocycles. The van der Waals surface area contributed by atoms with Gasteiger partial charge in [0.25, 0.3) is 0 Å². The van der Waals surface area contributed by atoms with E-state index >= 15 is 0 Å². The Bertz CT molecular complexity index is 527. The van der Waals surface area contributed by atoms with E-state index < -0.39 is 0 Å². The fourth-order valence-electron chi connectivity index (χ4n) is 1.31. The third-order valence-electron chi connectivity index (χ3n) is 2.17. The monoisotopic (exact) mass is 351 g/mol. The third kappa shape index (κ3) is 2.30. The highest BCUT2D eigenvalue weighted by Gasteiger charge is 2.08. The van der Waals surface area contributed by atoms with Crippen LogP contribution in [0.15, 0.2) is 24.4 Å². The summed E-state index contributed by atoms with van der Waals surface area (Å²) in [5.74, 6) is 0.187. The van der Waals surface area contributed by atoms with Gasteiger partial charge in [-0.25, -0.2) is 9.07 Å². The van der Waals surface area contributed by atoms with Crippen molar-refractivity contribution in [3.63, 3.8) is 0 Å². The van der Waals surface area contributed by atoms with Crippen LogP contribution in [0.3, 0.4) is 0 Å². The average Bonchev–Trinajstić information content (AvgIpc) is 2.54. The zero-order valence-electron chi connectivity index (χ0n) is 8.12. The summed E-state index contributed by atoms with van der Waals surface area (Å²) in [7, 11) is 0. The molecule has 0 spiro atoms. The zero-order valence-corrected chi connectivity index (χ0v) is 11.0. The van der Waals surface area contributed by atoms with E-state index in [1.807, 2.05) is 0 Å². The van der Waals surface area contributed by atoms with Gasteiger partial charge in [0.15, 0.2) is 0 Å². The van der Waals surface area contributed by atoms with Crippen LogP contribution in [0.5, 0.6) is 0 Å². The van der Waals surface area contributed by atoms with Crippen molar-refractivity contribution in [2.24, 2.45) is 0 Å². The van der Waals surface area contributed by atoms with Gasteiger partial charge in [0.2, 0.25) is 0 Å². The summed E-state index contributed by atoms with van der Waals surface area (Å²) in [5.41, 5.74) is 6.28. The van der Waals surface area contributed by atoms with E-state index in [2.05, 4.69) is 27.7 Å². The summed E-state index contributed by atoms with van der Waals surface area (Å²) in [4.78, 5) is 0. The number of hydrogen-bond donors (Lipinski definition) is 1. The summed E-state index contributed by atoms with van der Waals surface area (Å²) < 4.78 is 15.9. The minimum atomic E-state index is -0.350. The van der Waals surface area contributed by atoms with Gasteiger partial charge >= 0.3 is 0 Å². The van der Waals surface area contributed by atoms with Crippen molar-refractivity contribution in [1.82, 2.24) is 9.78 Å². The number of rotatable bonds is 2. The molecule has 0 fully saturated rings. The van der Waals surface area contributed by atoms with Gasteiger partial charge < -0.3 is 5.73 Å². The average molecular weight is 352 g/mol. The second-order valence-electron chi connectivity index (χ2n) is 3.27. The molecule has 84 valence electrons. The molecule has 0 aliphatic rings. The molecule has 0 aliphatic carbocycles. The first kappa shape index (κ1) is 11.7. The standard InChI is InChI=1S/C10H8ClFIN3/c11-7-2-1-6(8(12)3-7)5-16-10(14)9(13)4-15-16/h1-4H,5,14H2. The van der Waals surface area contributed by atoms with E-state index in [0.29, 0.717) is 22.9 Å². The normalized spacial score (nSPS) is 10.7. The second-order valence-corrected chi connectivity index (χ2v) is 4.87. The molecule has 3 nitrogen and oxygen atoms in total. The summed E-state index contributed by atoms with van der Waals surface area (Å²) in [6.45, 7) is 0.303. The zero-order chi connectivity index (χ0) is 11.7. The highest BCUT2D eigenvalue weighted by molar-refractivity contribution is 14.1. The highest BCUT2D eigenvalue weighted by Crippen LogP contribution is 2.18. The van der Waals surface area contributed by atoms with Crippen LogP contribution in [0.25, 0.3) is 0 Å². The lowest BCUT2D eigenvalue weighted by atomic mass is 10.2. The van der Waals surface area contributed by atoms with E-state index in [0.717, 1.165) is 3.57 Å².